The first-order valence-electron chi connectivity index (χ1n) is 8.38. The maximum Gasteiger partial charge on any atom is 0.272 e. The normalized spacial score (nSPS) is 26.4. The SMILES string of the molecule is CC(C)(C)[Si](C)(C)O[C@H]1[C@@H]2CN(c3ccc([N+](=O)[O-])cc3F)C[C@@H]21. The van der Waals surface area contributed by atoms with Gasteiger partial charge in [0.05, 0.1) is 22.8 Å². The summed E-state index contributed by atoms with van der Waals surface area (Å²) in [6.45, 7) is 12.7. The topological polar surface area (TPSA) is 55.6 Å². The molecular weight excluding hydrogens is 327 g/mol. The molecule has 1 heterocycles. The Bertz CT molecular complexity index is 662. The molecule has 1 saturated carbocycles. The zero-order valence-electron chi connectivity index (χ0n) is 14.9. The van der Waals surface area contributed by atoms with Crippen LogP contribution in [0.3, 0.4) is 0 Å². The molecule has 0 spiro atoms. The number of benzene rings is 1. The van der Waals surface area contributed by atoms with Crippen molar-refractivity contribution >= 4 is 19.7 Å². The minimum absolute atomic E-state index is 0.189. The lowest BCUT2D eigenvalue weighted by atomic mass is 10.2. The number of rotatable bonds is 4. The summed E-state index contributed by atoms with van der Waals surface area (Å²) < 4.78 is 20.6. The van der Waals surface area contributed by atoms with Gasteiger partial charge >= 0.3 is 0 Å². The number of piperidine rings is 1. The Hall–Kier alpha value is -1.47. The van der Waals surface area contributed by atoms with E-state index in [1.54, 1.807) is 0 Å². The third-order valence-electron chi connectivity index (χ3n) is 5.84. The van der Waals surface area contributed by atoms with E-state index in [-0.39, 0.29) is 10.7 Å². The van der Waals surface area contributed by atoms with Gasteiger partial charge in [-0.2, -0.15) is 0 Å². The van der Waals surface area contributed by atoms with E-state index in [9.17, 15) is 14.5 Å². The molecule has 1 aromatic rings. The Kier molecular flexibility index (Phi) is 3.99. The Morgan fingerprint density at radius 1 is 1.29 bits per heavy atom. The van der Waals surface area contributed by atoms with Gasteiger partial charge < -0.3 is 9.33 Å². The molecule has 24 heavy (non-hydrogen) atoms. The largest absolute Gasteiger partial charge is 0.413 e. The van der Waals surface area contributed by atoms with Gasteiger partial charge in [0, 0.05) is 31.0 Å². The zero-order chi connectivity index (χ0) is 17.9. The summed E-state index contributed by atoms with van der Waals surface area (Å²) in [5.74, 6) is 0.384. The predicted octanol–water partition coefficient (Wildman–Crippen LogP) is 4.19. The lowest BCUT2D eigenvalue weighted by molar-refractivity contribution is -0.385. The van der Waals surface area contributed by atoms with E-state index >= 15 is 0 Å². The van der Waals surface area contributed by atoms with Crippen molar-refractivity contribution in [3.05, 3.63) is 34.1 Å². The van der Waals surface area contributed by atoms with Crippen molar-refractivity contribution in [2.45, 2.75) is 45.0 Å². The molecule has 7 heteroatoms. The molecular formula is C17H25FN2O3Si. The molecule has 132 valence electrons. The molecule has 1 aromatic carbocycles. The van der Waals surface area contributed by atoms with E-state index < -0.39 is 19.1 Å². The van der Waals surface area contributed by atoms with Crippen molar-refractivity contribution in [3.8, 4) is 0 Å². The fourth-order valence-corrected chi connectivity index (χ4v) is 4.61. The van der Waals surface area contributed by atoms with Crippen LogP contribution in [0.25, 0.3) is 0 Å². The first-order valence-corrected chi connectivity index (χ1v) is 11.3. The van der Waals surface area contributed by atoms with Crippen LogP contribution in [-0.2, 0) is 4.43 Å². The quantitative estimate of drug-likeness (QED) is 0.463. The first kappa shape index (κ1) is 17.4. The van der Waals surface area contributed by atoms with Gasteiger partial charge in [0.2, 0.25) is 0 Å². The average molecular weight is 352 g/mol. The first-order chi connectivity index (χ1) is 11.0. The molecule has 0 N–H and O–H groups in total. The molecule has 2 aliphatic rings. The number of non-ortho nitro benzene ring substituents is 1. The summed E-state index contributed by atoms with van der Waals surface area (Å²) >= 11 is 0. The standard InChI is InChI=1S/C17H25FN2O3Si/c1-17(2,3)24(4,5)23-16-12-9-19(10-13(12)16)15-7-6-11(20(21)22)8-14(15)18/h6-8,12-13,16H,9-10H2,1-5H3/t12-,13+,16+. The average Bonchev–Trinajstić information content (AvgIpc) is 2.90. The molecule has 0 aromatic heterocycles. The fraction of sp³-hybridized carbons (Fsp3) is 0.647. The van der Waals surface area contributed by atoms with Crippen molar-refractivity contribution in [1.82, 2.24) is 0 Å². The van der Waals surface area contributed by atoms with E-state index in [1.165, 1.54) is 12.1 Å². The second-order valence-electron chi connectivity index (χ2n) is 8.47. The molecule has 0 amide bonds. The van der Waals surface area contributed by atoms with E-state index in [0.29, 0.717) is 23.6 Å². The molecule has 1 saturated heterocycles. The molecule has 2 fully saturated rings. The van der Waals surface area contributed by atoms with E-state index in [2.05, 4.69) is 33.9 Å². The van der Waals surface area contributed by atoms with Crippen LogP contribution < -0.4 is 4.90 Å². The summed E-state index contributed by atoms with van der Waals surface area (Å²) in [4.78, 5) is 12.1. The Morgan fingerprint density at radius 2 is 1.88 bits per heavy atom. The van der Waals surface area contributed by atoms with Crippen molar-refractivity contribution < 1.29 is 13.7 Å². The van der Waals surface area contributed by atoms with Gasteiger partial charge in [-0.05, 0) is 24.2 Å². The van der Waals surface area contributed by atoms with Gasteiger partial charge in [-0.15, -0.1) is 0 Å². The maximum atomic E-state index is 14.2. The maximum absolute atomic E-state index is 14.2. The monoisotopic (exact) mass is 352 g/mol. The van der Waals surface area contributed by atoms with Crippen LogP contribution in [0.5, 0.6) is 0 Å². The number of nitro groups is 1. The predicted molar refractivity (Wildman–Crippen MR) is 94.3 cm³/mol. The Morgan fingerprint density at radius 3 is 2.33 bits per heavy atom. The van der Waals surface area contributed by atoms with Gasteiger partial charge in [0.25, 0.3) is 5.69 Å². The van der Waals surface area contributed by atoms with E-state index in [1.807, 2.05) is 4.90 Å². The van der Waals surface area contributed by atoms with Gasteiger partial charge in [0.15, 0.2) is 14.1 Å². The smallest absolute Gasteiger partial charge is 0.272 e. The van der Waals surface area contributed by atoms with Crippen LogP contribution in [0.4, 0.5) is 15.8 Å². The van der Waals surface area contributed by atoms with Crippen LogP contribution in [-0.4, -0.2) is 32.4 Å². The van der Waals surface area contributed by atoms with Crippen molar-refractivity contribution in [3.63, 3.8) is 0 Å². The highest BCUT2D eigenvalue weighted by molar-refractivity contribution is 6.74. The van der Waals surface area contributed by atoms with Crippen LogP contribution in [0.2, 0.25) is 18.1 Å². The molecule has 0 radical (unpaired) electrons. The number of hydrogen-bond acceptors (Lipinski definition) is 4. The van der Waals surface area contributed by atoms with Crippen molar-refractivity contribution in [2.75, 3.05) is 18.0 Å². The highest BCUT2D eigenvalue weighted by Gasteiger charge is 2.59. The van der Waals surface area contributed by atoms with Gasteiger partial charge in [-0.3, -0.25) is 10.1 Å². The lowest BCUT2D eigenvalue weighted by Crippen LogP contribution is -2.43. The highest BCUT2D eigenvalue weighted by Crippen LogP contribution is 2.52. The minimum Gasteiger partial charge on any atom is -0.413 e. The molecule has 1 aliphatic carbocycles. The number of anilines is 1. The summed E-state index contributed by atoms with van der Waals surface area (Å²) in [5, 5.41) is 10.9. The van der Waals surface area contributed by atoms with Crippen molar-refractivity contribution in [1.29, 1.82) is 0 Å². The Balaban J connectivity index is 1.63. The highest BCUT2D eigenvalue weighted by atomic mass is 28.4. The second-order valence-corrected chi connectivity index (χ2v) is 13.2. The van der Waals surface area contributed by atoms with Crippen LogP contribution in [0.15, 0.2) is 18.2 Å². The third kappa shape index (κ3) is 2.95. The number of halogens is 1. The van der Waals surface area contributed by atoms with E-state index in [0.717, 1.165) is 19.2 Å². The summed E-state index contributed by atoms with van der Waals surface area (Å²) in [6, 6.07) is 3.89. The molecule has 5 nitrogen and oxygen atoms in total. The third-order valence-corrected chi connectivity index (χ3v) is 10.3. The molecule has 1 aliphatic heterocycles. The zero-order valence-corrected chi connectivity index (χ0v) is 15.9. The number of nitrogens with zero attached hydrogens (tertiary/aromatic N) is 2. The van der Waals surface area contributed by atoms with Crippen LogP contribution >= 0.6 is 0 Å². The van der Waals surface area contributed by atoms with Crippen LogP contribution in [0, 0.1) is 27.8 Å². The molecule has 0 bridgehead atoms. The number of hydrogen-bond donors (Lipinski definition) is 0. The number of fused-ring (bicyclic) bond motifs is 1. The van der Waals surface area contributed by atoms with E-state index in [4.69, 9.17) is 4.43 Å². The summed E-state index contributed by atoms with van der Waals surface area (Å²) in [5.41, 5.74) is 0.249. The number of nitro benzene ring substituents is 1. The van der Waals surface area contributed by atoms with Crippen molar-refractivity contribution in [2.24, 2.45) is 11.8 Å². The second kappa shape index (κ2) is 5.52. The molecule has 0 unspecified atom stereocenters. The lowest BCUT2D eigenvalue weighted by Gasteiger charge is -2.37. The Labute approximate surface area is 143 Å². The van der Waals surface area contributed by atoms with Gasteiger partial charge in [0.1, 0.15) is 0 Å². The minimum atomic E-state index is -1.77. The van der Waals surface area contributed by atoms with Crippen LogP contribution in [0.1, 0.15) is 20.8 Å². The molecule has 3 rings (SSSR count). The molecule has 3 atom stereocenters. The van der Waals surface area contributed by atoms with Gasteiger partial charge in [-0.25, -0.2) is 4.39 Å². The summed E-state index contributed by atoms with van der Waals surface area (Å²) in [7, 11) is -1.77. The summed E-state index contributed by atoms with van der Waals surface area (Å²) in [6.07, 6.45) is 0.295. The van der Waals surface area contributed by atoms with Gasteiger partial charge in [-0.1, -0.05) is 20.8 Å². The fourth-order valence-electron chi connectivity index (χ4n) is 3.23.